The van der Waals surface area contributed by atoms with Gasteiger partial charge in [-0.05, 0) is 113 Å². The molecule has 1 aliphatic carbocycles. The van der Waals surface area contributed by atoms with E-state index in [1.807, 2.05) is 4.90 Å². The molecule has 4 rings (SSSR count). The normalized spacial score (nSPS) is 23.2. The molecular formula is C38H60N6O2. The first-order valence-electron chi connectivity index (χ1n) is 17.7. The predicted molar refractivity (Wildman–Crippen MR) is 189 cm³/mol. The van der Waals surface area contributed by atoms with Gasteiger partial charge >= 0.3 is 0 Å². The van der Waals surface area contributed by atoms with Crippen molar-refractivity contribution in [2.45, 2.75) is 97.2 Å². The standard InChI is InChI=1S/C38H60N6O2/c1-25-7-10-31(27(3)18-25)22-35(40)37(45)34-21-29(9-12-30(34)6-5-14-42-15-13-39)20-33-24-43-16-17-44(33)38(46)36(41)23-32-11-8-26(2)19-28(32)4/h7-8,10-11,18-19,29-30,33-36,42-43H,5-6,9,12-17,20-24,39-41H2,1-4H3/t29?,30-,33-,34?,35-,36-/m1/s1. The van der Waals surface area contributed by atoms with Crippen molar-refractivity contribution in [3.05, 3.63) is 69.8 Å². The first-order valence-corrected chi connectivity index (χ1v) is 17.7. The lowest BCUT2D eigenvalue weighted by molar-refractivity contribution is -0.136. The van der Waals surface area contributed by atoms with Crippen LogP contribution in [0.3, 0.4) is 0 Å². The van der Waals surface area contributed by atoms with E-state index in [9.17, 15) is 9.59 Å². The Morgan fingerprint density at radius 2 is 1.59 bits per heavy atom. The maximum atomic E-state index is 14.1. The van der Waals surface area contributed by atoms with Crippen LogP contribution in [-0.4, -0.2) is 74.0 Å². The van der Waals surface area contributed by atoms with Gasteiger partial charge in [-0.1, -0.05) is 53.9 Å². The van der Waals surface area contributed by atoms with Crippen LogP contribution in [0.5, 0.6) is 0 Å². The van der Waals surface area contributed by atoms with Gasteiger partial charge in [0, 0.05) is 44.7 Å². The zero-order valence-corrected chi connectivity index (χ0v) is 28.8. The number of ketones is 1. The molecule has 1 saturated heterocycles. The van der Waals surface area contributed by atoms with Crippen LogP contribution in [-0.2, 0) is 22.4 Å². The molecule has 1 saturated carbocycles. The summed E-state index contributed by atoms with van der Waals surface area (Å²) in [4.78, 5) is 29.9. The molecule has 46 heavy (non-hydrogen) atoms. The smallest absolute Gasteiger partial charge is 0.240 e. The van der Waals surface area contributed by atoms with Crippen LogP contribution < -0.4 is 27.8 Å². The summed E-state index contributed by atoms with van der Waals surface area (Å²) in [6, 6.07) is 11.7. The van der Waals surface area contributed by atoms with Crippen LogP contribution in [0.1, 0.15) is 71.9 Å². The van der Waals surface area contributed by atoms with Gasteiger partial charge in [-0.25, -0.2) is 0 Å². The van der Waals surface area contributed by atoms with Gasteiger partial charge in [0.1, 0.15) is 0 Å². The number of hydrogen-bond donors (Lipinski definition) is 5. The average molecular weight is 633 g/mol. The molecule has 2 fully saturated rings. The van der Waals surface area contributed by atoms with E-state index in [0.29, 0.717) is 37.8 Å². The summed E-state index contributed by atoms with van der Waals surface area (Å²) < 4.78 is 0. The number of hydrogen-bond acceptors (Lipinski definition) is 7. The molecule has 0 radical (unpaired) electrons. The summed E-state index contributed by atoms with van der Waals surface area (Å²) >= 11 is 0. The third-order valence-corrected chi connectivity index (χ3v) is 10.5. The first-order chi connectivity index (χ1) is 22.1. The fourth-order valence-electron chi connectivity index (χ4n) is 7.89. The number of nitrogens with zero attached hydrogens (tertiary/aromatic N) is 1. The van der Waals surface area contributed by atoms with E-state index in [4.69, 9.17) is 17.2 Å². The van der Waals surface area contributed by atoms with Crippen molar-refractivity contribution in [2.75, 3.05) is 39.3 Å². The van der Waals surface area contributed by atoms with E-state index in [0.717, 1.165) is 75.8 Å². The topological polar surface area (TPSA) is 140 Å². The van der Waals surface area contributed by atoms with Gasteiger partial charge in [0.2, 0.25) is 5.91 Å². The molecule has 2 unspecified atom stereocenters. The van der Waals surface area contributed by atoms with Crippen molar-refractivity contribution in [3.8, 4) is 0 Å². The fraction of sp³-hybridized carbons (Fsp3) is 0.632. The lowest BCUT2D eigenvalue weighted by Crippen LogP contribution is -2.58. The number of nitrogens with two attached hydrogens (primary N) is 3. The molecule has 254 valence electrons. The summed E-state index contributed by atoms with van der Waals surface area (Å²) in [6.45, 7) is 12.9. The fourth-order valence-corrected chi connectivity index (χ4v) is 7.89. The summed E-state index contributed by atoms with van der Waals surface area (Å²) in [5, 5.41) is 6.92. The van der Waals surface area contributed by atoms with Gasteiger partial charge in [0.15, 0.2) is 5.78 Å². The van der Waals surface area contributed by atoms with Gasteiger partial charge in [0.05, 0.1) is 12.1 Å². The number of piperazine rings is 1. The number of benzene rings is 2. The molecule has 8 heteroatoms. The number of rotatable bonds is 15. The molecule has 1 amide bonds. The highest BCUT2D eigenvalue weighted by Gasteiger charge is 2.39. The van der Waals surface area contributed by atoms with E-state index >= 15 is 0 Å². The highest BCUT2D eigenvalue weighted by molar-refractivity contribution is 5.87. The number of nitrogens with one attached hydrogen (secondary N) is 2. The van der Waals surface area contributed by atoms with Gasteiger partial charge in [-0.3, -0.25) is 9.59 Å². The molecule has 2 aromatic carbocycles. The van der Waals surface area contributed by atoms with E-state index in [2.05, 4.69) is 74.7 Å². The van der Waals surface area contributed by atoms with Crippen molar-refractivity contribution in [2.24, 2.45) is 35.0 Å². The molecule has 0 spiro atoms. The number of amides is 1. The Bertz CT molecular complexity index is 1300. The highest BCUT2D eigenvalue weighted by atomic mass is 16.2. The van der Waals surface area contributed by atoms with Gasteiger partial charge in [-0.15, -0.1) is 0 Å². The molecule has 2 aromatic rings. The van der Waals surface area contributed by atoms with Crippen LogP contribution in [0.4, 0.5) is 0 Å². The number of carbonyl (C=O) groups excluding carboxylic acids is 2. The molecule has 8 nitrogen and oxygen atoms in total. The Labute approximate surface area is 277 Å². The molecular weight excluding hydrogens is 572 g/mol. The second-order valence-electron chi connectivity index (χ2n) is 14.2. The largest absolute Gasteiger partial charge is 0.336 e. The number of Topliss-reactive ketones (excluding diaryl/α,β-unsaturated/α-hetero) is 1. The SMILES string of the molecule is Cc1ccc(C[C@@H](N)C(=O)C2CC(C[C@@H]3CNCCN3C(=O)[C@H](N)Cc3ccc(C)cc3C)CC[C@H]2CCCNCCN)c(C)c1. The van der Waals surface area contributed by atoms with E-state index in [1.165, 1.54) is 22.3 Å². The van der Waals surface area contributed by atoms with Crippen molar-refractivity contribution >= 4 is 11.7 Å². The van der Waals surface area contributed by atoms with Crippen molar-refractivity contribution in [1.82, 2.24) is 15.5 Å². The third-order valence-electron chi connectivity index (χ3n) is 10.5. The number of carbonyl (C=O) groups is 2. The van der Waals surface area contributed by atoms with E-state index < -0.39 is 12.1 Å². The second kappa shape index (κ2) is 17.5. The Kier molecular flexibility index (Phi) is 13.8. The van der Waals surface area contributed by atoms with Crippen molar-refractivity contribution in [1.29, 1.82) is 0 Å². The number of aryl methyl sites for hydroxylation is 4. The first kappa shape index (κ1) is 36.2. The quantitative estimate of drug-likeness (QED) is 0.190. The van der Waals surface area contributed by atoms with E-state index in [1.54, 1.807) is 0 Å². The molecule has 0 aromatic heterocycles. The zero-order chi connectivity index (χ0) is 33.2. The molecule has 8 N–H and O–H groups in total. The minimum Gasteiger partial charge on any atom is -0.336 e. The van der Waals surface area contributed by atoms with Crippen LogP contribution in [0.15, 0.2) is 36.4 Å². The van der Waals surface area contributed by atoms with Crippen molar-refractivity contribution < 1.29 is 9.59 Å². The Hall–Kier alpha value is -2.62. The van der Waals surface area contributed by atoms with Crippen LogP contribution in [0, 0.1) is 45.4 Å². The molecule has 1 aliphatic heterocycles. The molecule has 1 heterocycles. The second-order valence-corrected chi connectivity index (χ2v) is 14.2. The minimum atomic E-state index is -0.567. The average Bonchev–Trinajstić information content (AvgIpc) is 3.03. The summed E-state index contributed by atoms with van der Waals surface area (Å²) in [5.74, 6) is 0.885. The summed E-state index contributed by atoms with van der Waals surface area (Å²) in [7, 11) is 0. The van der Waals surface area contributed by atoms with Gasteiger partial charge in [-0.2, -0.15) is 0 Å². The predicted octanol–water partition coefficient (Wildman–Crippen LogP) is 3.48. The van der Waals surface area contributed by atoms with Crippen LogP contribution >= 0.6 is 0 Å². The molecule has 6 atom stereocenters. The van der Waals surface area contributed by atoms with Gasteiger partial charge < -0.3 is 32.7 Å². The summed E-state index contributed by atoms with van der Waals surface area (Å²) in [6.07, 6.45) is 6.98. The Morgan fingerprint density at radius 3 is 2.22 bits per heavy atom. The van der Waals surface area contributed by atoms with Crippen LogP contribution in [0.2, 0.25) is 0 Å². The minimum absolute atomic E-state index is 0.0354. The third kappa shape index (κ3) is 9.94. The zero-order valence-electron chi connectivity index (χ0n) is 28.8. The maximum absolute atomic E-state index is 14.1. The summed E-state index contributed by atoms with van der Waals surface area (Å²) in [5.41, 5.74) is 26.0. The van der Waals surface area contributed by atoms with Crippen molar-refractivity contribution in [3.63, 3.8) is 0 Å². The lowest BCUT2D eigenvalue weighted by Gasteiger charge is -2.42. The Morgan fingerprint density at radius 1 is 0.935 bits per heavy atom. The monoisotopic (exact) mass is 632 g/mol. The van der Waals surface area contributed by atoms with Crippen LogP contribution in [0.25, 0.3) is 0 Å². The van der Waals surface area contributed by atoms with E-state index in [-0.39, 0.29) is 23.7 Å². The van der Waals surface area contributed by atoms with Gasteiger partial charge in [0.25, 0.3) is 0 Å². The highest BCUT2D eigenvalue weighted by Crippen LogP contribution is 2.40. The molecule has 2 aliphatic rings. The molecule has 0 bridgehead atoms. The Balaban J connectivity index is 1.43. The lowest BCUT2D eigenvalue weighted by atomic mass is 9.67. The maximum Gasteiger partial charge on any atom is 0.240 e.